The first kappa shape index (κ1) is 20.3. The smallest absolute Gasteiger partial charge is 0.141 e. The molecule has 0 saturated heterocycles. The lowest BCUT2D eigenvalue weighted by Gasteiger charge is -2.28. The first-order valence-electron chi connectivity index (χ1n) is 10.2. The Hall–Kier alpha value is -2.47. The monoisotopic (exact) mass is 379 g/mol. The first-order valence-corrected chi connectivity index (χ1v) is 10.2. The van der Waals surface area contributed by atoms with Crippen molar-refractivity contribution in [2.75, 3.05) is 6.67 Å². The van der Waals surface area contributed by atoms with Gasteiger partial charge in [0.05, 0.1) is 5.56 Å². The normalized spacial score (nSPS) is 19.6. The van der Waals surface area contributed by atoms with Crippen molar-refractivity contribution in [2.45, 2.75) is 44.9 Å². The number of rotatable bonds is 7. The summed E-state index contributed by atoms with van der Waals surface area (Å²) in [4.78, 5) is 0. The van der Waals surface area contributed by atoms with E-state index < -0.39 is 5.82 Å². The van der Waals surface area contributed by atoms with Crippen molar-refractivity contribution in [2.24, 2.45) is 11.8 Å². The van der Waals surface area contributed by atoms with Crippen LogP contribution in [0.4, 0.5) is 8.78 Å². The maximum Gasteiger partial charge on any atom is 0.141 e. The molecule has 0 N–H and O–H groups in total. The highest BCUT2D eigenvalue weighted by Gasteiger charge is 2.20. The van der Waals surface area contributed by atoms with Gasteiger partial charge in [-0.05, 0) is 72.8 Å². The molecule has 0 spiro atoms. The van der Waals surface area contributed by atoms with E-state index in [1.807, 2.05) is 24.3 Å². The molecule has 2 aromatic carbocycles. The molecule has 146 valence electrons. The van der Waals surface area contributed by atoms with Crippen LogP contribution < -0.4 is 0 Å². The van der Waals surface area contributed by atoms with Gasteiger partial charge in [-0.3, -0.25) is 0 Å². The molecule has 1 aliphatic carbocycles. The van der Waals surface area contributed by atoms with Crippen LogP contribution in [-0.2, 0) is 6.42 Å². The zero-order valence-corrected chi connectivity index (χ0v) is 16.2. The number of allylic oxidation sites excluding steroid dienone is 2. The molecule has 0 aromatic heterocycles. The fraction of sp³-hybridized carbons (Fsp3) is 0.400. The van der Waals surface area contributed by atoms with Gasteiger partial charge in [-0.1, -0.05) is 55.3 Å². The molecule has 1 fully saturated rings. The summed E-state index contributed by atoms with van der Waals surface area (Å²) in [6, 6.07) is 14.9. The van der Waals surface area contributed by atoms with Crippen molar-refractivity contribution in [3.05, 3.63) is 71.6 Å². The summed E-state index contributed by atoms with van der Waals surface area (Å²) >= 11 is 0. The molecule has 0 radical (unpaired) electrons. The zero-order chi connectivity index (χ0) is 19.8. The Balaban J connectivity index is 1.48. The molecule has 1 nitrogen and oxygen atoms in total. The van der Waals surface area contributed by atoms with E-state index in [0.29, 0.717) is 0 Å². The van der Waals surface area contributed by atoms with Crippen molar-refractivity contribution in [3.63, 3.8) is 0 Å². The Bertz CT molecular complexity index is 825. The van der Waals surface area contributed by atoms with Crippen LogP contribution in [0.5, 0.6) is 0 Å². The molecular formula is C25H27F2N. The summed E-state index contributed by atoms with van der Waals surface area (Å²) in [6.45, 7) is -0.353. The molecule has 0 aliphatic heterocycles. The van der Waals surface area contributed by atoms with E-state index in [4.69, 9.17) is 5.26 Å². The van der Waals surface area contributed by atoms with E-state index in [1.165, 1.54) is 49.8 Å². The number of alkyl halides is 1. The Morgan fingerprint density at radius 3 is 2.25 bits per heavy atom. The predicted octanol–water partition coefficient (Wildman–Crippen LogP) is 7.02. The Labute approximate surface area is 166 Å². The third-order valence-corrected chi connectivity index (χ3v) is 5.91. The van der Waals surface area contributed by atoms with Crippen LogP contribution in [0.2, 0.25) is 0 Å². The number of hydrogen-bond acceptors (Lipinski definition) is 1. The molecule has 0 amide bonds. The van der Waals surface area contributed by atoms with Gasteiger partial charge < -0.3 is 0 Å². The van der Waals surface area contributed by atoms with E-state index in [-0.39, 0.29) is 12.2 Å². The quantitative estimate of drug-likeness (QED) is 0.474. The molecule has 0 bridgehead atoms. The number of hydrogen-bond donors (Lipinski definition) is 0. The Kier molecular flexibility index (Phi) is 7.37. The Morgan fingerprint density at radius 2 is 1.61 bits per heavy atom. The number of nitrogens with zero attached hydrogens (tertiary/aromatic N) is 1. The molecular weight excluding hydrogens is 352 g/mol. The molecule has 0 atom stereocenters. The molecule has 3 heteroatoms. The fourth-order valence-electron chi connectivity index (χ4n) is 4.13. The second-order valence-corrected chi connectivity index (χ2v) is 7.79. The highest BCUT2D eigenvalue weighted by Crippen LogP contribution is 2.33. The van der Waals surface area contributed by atoms with Crippen LogP contribution in [-0.4, -0.2) is 6.67 Å². The topological polar surface area (TPSA) is 23.8 Å². The van der Waals surface area contributed by atoms with Gasteiger partial charge in [0, 0.05) is 0 Å². The van der Waals surface area contributed by atoms with Crippen molar-refractivity contribution < 1.29 is 8.78 Å². The van der Waals surface area contributed by atoms with E-state index in [2.05, 4.69) is 12.1 Å². The summed E-state index contributed by atoms with van der Waals surface area (Å²) in [5.41, 5.74) is 3.15. The minimum absolute atomic E-state index is 0.0773. The highest BCUT2D eigenvalue weighted by molar-refractivity contribution is 5.64. The summed E-state index contributed by atoms with van der Waals surface area (Å²) in [6.07, 6.45) is 12.0. The Morgan fingerprint density at radius 1 is 0.929 bits per heavy atom. The lowest BCUT2D eigenvalue weighted by Crippen LogP contribution is -2.14. The third-order valence-electron chi connectivity index (χ3n) is 5.91. The second kappa shape index (κ2) is 10.2. The van der Waals surface area contributed by atoms with E-state index in [1.54, 1.807) is 12.1 Å². The van der Waals surface area contributed by atoms with E-state index in [9.17, 15) is 8.78 Å². The molecule has 0 unspecified atom stereocenters. The minimum atomic E-state index is -0.472. The van der Waals surface area contributed by atoms with Gasteiger partial charge in [-0.25, -0.2) is 8.78 Å². The maximum atomic E-state index is 13.8. The first-order chi connectivity index (χ1) is 13.7. The van der Waals surface area contributed by atoms with Gasteiger partial charge >= 0.3 is 0 Å². The van der Waals surface area contributed by atoms with Crippen LogP contribution in [0.25, 0.3) is 11.1 Å². The summed E-state index contributed by atoms with van der Waals surface area (Å²) < 4.78 is 25.9. The van der Waals surface area contributed by atoms with Gasteiger partial charge in [-0.15, -0.1) is 0 Å². The third kappa shape index (κ3) is 5.52. The summed E-state index contributed by atoms with van der Waals surface area (Å²) in [5.74, 6) is 1.04. The SMILES string of the molecule is N#Cc1ccc(-c2ccc(CCC3CCC(C/C=C/CF)CC3)cc2)cc1F. The van der Waals surface area contributed by atoms with Crippen LogP contribution in [0.1, 0.15) is 49.7 Å². The largest absolute Gasteiger partial charge is 0.247 e. The van der Waals surface area contributed by atoms with Crippen LogP contribution in [0, 0.1) is 29.0 Å². The summed E-state index contributed by atoms with van der Waals surface area (Å²) in [5, 5.41) is 8.84. The zero-order valence-electron chi connectivity index (χ0n) is 16.2. The van der Waals surface area contributed by atoms with Crippen LogP contribution in [0.15, 0.2) is 54.6 Å². The number of aryl methyl sites for hydroxylation is 1. The molecule has 3 rings (SSSR count). The molecule has 28 heavy (non-hydrogen) atoms. The maximum absolute atomic E-state index is 13.8. The average Bonchev–Trinajstić information content (AvgIpc) is 2.74. The van der Waals surface area contributed by atoms with Gasteiger partial charge in [-0.2, -0.15) is 5.26 Å². The molecule has 0 heterocycles. The number of halogens is 2. The van der Waals surface area contributed by atoms with Gasteiger partial charge in [0.25, 0.3) is 0 Å². The van der Waals surface area contributed by atoms with Crippen molar-refractivity contribution in [3.8, 4) is 17.2 Å². The lowest BCUT2D eigenvalue weighted by molar-refractivity contribution is 0.265. The molecule has 1 aliphatic rings. The van der Waals surface area contributed by atoms with Crippen molar-refractivity contribution in [1.29, 1.82) is 5.26 Å². The van der Waals surface area contributed by atoms with Gasteiger partial charge in [0.2, 0.25) is 0 Å². The number of benzene rings is 2. The standard InChI is InChI=1S/C25H27F2N/c26-16-2-1-3-19-4-6-20(7-5-19)8-9-21-10-12-22(13-11-21)23-14-15-24(18-28)25(27)17-23/h1-2,10-15,17,19-20H,3-9,16H2/b2-1+. The van der Waals surface area contributed by atoms with Crippen LogP contribution in [0.3, 0.4) is 0 Å². The van der Waals surface area contributed by atoms with Gasteiger partial charge in [0.15, 0.2) is 0 Å². The second-order valence-electron chi connectivity index (χ2n) is 7.79. The highest BCUT2D eigenvalue weighted by atomic mass is 19.1. The number of nitriles is 1. The lowest BCUT2D eigenvalue weighted by atomic mass is 9.78. The molecule has 1 saturated carbocycles. The van der Waals surface area contributed by atoms with E-state index >= 15 is 0 Å². The van der Waals surface area contributed by atoms with Crippen molar-refractivity contribution >= 4 is 0 Å². The summed E-state index contributed by atoms with van der Waals surface area (Å²) in [7, 11) is 0. The molecule has 2 aromatic rings. The fourth-order valence-corrected chi connectivity index (χ4v) is 4.13. The minimum Gasteiger partial charge on any atom is -0.247 e. The van der Waals surface area contributed by atoms with Crippen molar-refractivity contribution in [1.82, 2.24) is 0 Å². The predicted molar refractivity (Wildman–Crippen MR) is 110 cm³/mol. The van der Waals surface area contributed by atoms with E-state index in [0.717, 1.165) is 35.8 Å². The van der Waals surface area contributed by atoms with Gasteiger partial charge in [0.1, 0.15) is 18.6 Å². The average molecular weight is 379 g/mol. The van der Waals surface area contributed by atoms with Crippen LogP contribution >= 0.6 is 0 Å².